The second kappa shape index (κ2) is 18.6. The van der Waals surface area contributed by atoms with E-state index in [1.807, 2.05) is 24.3 Å². The first-order valence-electron chi connectivity index (χ1n) is 5.59. The van der Waals surface area contributed by atoms with Gasteiger partial charge in [0.05, 0.1) is 0 Å². The van der Waals surface area contributed by atoms with Crippen molar-refractivity contribution >= 4 is 59.1 Å². The van der Waals surface area contributed by atoms with Crippen LogP contribution in [0.25, 0.3) is 0 Å². The van der Waals surface area contributed by atoms with Crippen molar-refractivity contribution in [2.24, 2.45) is 0 Å². The van der Waals surface area contributed by atoms with Crippen LogP contribution in [0.5, 0.6) is 11.5 Å². The zero-order valence-electron chi connectivity index (χ0n) is 15.0. The van der Waals surface area contributed by atoms with Gasteiger partial charge in [-0.15, -0.1) is 0 Å². The molecule has 0 spiro atoms. The zero-order valence-corrected chi connectivity index (χ0v) is 19.0. The van der Waals surface area contributed by atoms with Gasteiger partial charge in [0.2, 0.25) is 0 Å². The number of hydrogen-bond donors (Lipinski definition) is 2. The third-order valence-corrected chi connectivity index (χ3v) is 3.18. The number of phenols is 2. The SMILES string of the molecule is CC(C)(c1ccc(O)cc1)c1ccc(O)cc1.O.O.O.O.O.O.[Na].[Na]. The Morgan fingerprint density at radius 3 is 0.920 bits per heavy atom. The fraction of sp³-hybridized carbons (Fsp3) is 0.200. The second-order valence-electron chi connectivity index (χ2n) is 4.72. The van der Waals surface area contributed by atoms with Crippen LogP contribution in [-0.4, -0.2) is 102 Å². The zero-order chi connectivity index (χ0) is 12.5. The van der Waals surface area contributed by atoms with Crippen molar-refractivity contribution in [1.82, 2.24) is 0 Å². The number of hydrogen-bond acceptors (Lipinski definition) is 2. The first kappa shape index (κ1) is 44.3. The van der Waals surface area contributed by atoms with E-state index in [0.717, 1.165) is 11.1 Å². The second-order valence-corrected chi connectivity index (χ2v) is 4.72. The summed E-state index contributed by atoms with van der Waals surface area (Å²) in [7, 11) is 0. The molecule has 10 heteroatoms. The average Bonchev–Trinajstić information content (AvgIpc) is 2.30. The van der Waals surface area contributed by atoms with Gasteiger partial charge in [-0.3, -0.25) is 0 Å². The predicted molar refractivity (Wildman–Crippen MR) is 102 cm³/mol. The van der Waals surface area contributed by atoms with Crippen LogP contribution in [0.1, 0.15) is 25.0 Å². The van der Waals surface area contributed by atoms with E-state index in [4.69, 9.17) is 0 Å². The number of phenolic OH excluding ortho intramolecular Hbond substituents is 2. The van der Waals surface area contributed by atoms with Gasteiger partial charge in [0.15, 0.2) is 0 Å². The maximum absolute atomic E-state index is 9.30. The molecule has 0 atom stereocenters. The topological polar surface area (TPSA) is 229 Å². The van der Waals surface area contributed by atoms with Crippen LogP contribution in [0.3, 0.4) is 0 Å². The molecular weight excluding hydrogens is 354 g/mol. The summed E-state index contributed by atoms with van der Waals surface area (Å²) in [6.07, 6.45) is 0. The van der Waals surface area contributed by atoms with Crippen molar-refractivity contribution in [2.45, 2.75) is 19.3 Å². The minimum atomic E-state index is -0.151. The molecular formula is C15H28Na2O8. The predicted octanol–water partition coefficient (Wildman–Crippen LogP) is -2.29. The van der Waals surface area contributed by atoms with Gasteiger partial charge in [0.1, 0.15) is 11.5 Å². The van der Waals surface area contributed by atoms with Crippen LogP contribution in [0.15, 0.2) is 48.5 Å². The molecule has 8 nitrogen and oxygen atoms in total. The van der Waals surface area contributed by atoms with Gasteiger partial charge < -0.3 is 43.1 Å². The fourth-order valence-corrected chi connectivity index (χ4v) is 1.92. The average molecular weight is 382 g/mol. The molecule has 0 unspecified atom stereocenters. The van der Waals surface area contributed by atoms with E-state index in [-0.39, 0.29) is 109 Å². The summed E-state index contributed by atoms with van der Waals surface area (Å²) in [6, 6.07) is 14.4. The number of aromatic hydroxyl groups is 2. The van der Waals surface area contributed by atoms with E-state index >= 15 is 0 Å². The third-order valence-electron chi connectivity index (χ3n) is 3.18. The molecule has 0 heterocycles. The van der Waals surface area contributed by atoms with Gasteiger partial charge in [-0.05, 0) is 35.4 Å². The van der Waals surface area contributed by atoms with Crippen molar-refractivity contribution < 1.29 is 43.1 Å². The Morgan fingerprint density at radius 1 is 0.520 bits per heavy atom. The Morgan fingerprint density at radius 2 is 0.720 bits per heavy atom. The van der Waals surface area contributed by atoms with E-state index in [1.54, 1.807) is 24.3 Å². The monoisotopic (exact) mass is 382 g/mol. The molecule has 0 aliphatic heterocycles. The van der Waals surface area contributed by atoms with Crippen LogP contribution < -0.4 is 0 Å². The maximum Gasteiger partial charge on any atom is 0.115 e. The Hall–Kier alpha value is -0.200. The summed E-state index contributed by atoms with van der Waals surface area (Å²) < 4.78 is 0. The molecule has 14 N–H and O–H groups in total. The summed E-state index contributed by atoms with van der Waals surface area (Å²) in [6.45, 7) is 4.23. The van der Waals surface area contributed by atoms with Gasteiger partial charge in [0.25, 0.3) is 0 Å². The first-order chi connectivity index (χ1) is 8.00. The number of benzene rings is 2. The van der Waals surface area contributed by atoms with Gasteiger partial charge in [-0.1, -0.05) is 38.1 Å². The molecule has 0 aromatic heterocycles. The molecule has 0 aliphatic carbocycles. The molecule has 2 rings (SSSR count). The summed E-state index contributed by atoms with van der Waals surface area (Å²) in [5, 5.41) is 18.6. The minimum absolute atomic E-state index is 0. The molecule has 0 bridgehead atoms. The molecule has 2 aromatic rings. The van der Waals surface area contributed by atoms with Crippen LogP contribution in [0.4, 0.5) is 0 Å². The molecule has 2 aromatic carbocycles. The van der Waals surface area contributed by atoms with Crippen molar-refractivity contribution in [3.63, 3.8) is 0 Å². The summed E-state index contributed by atoms with van der Waals surface area (Å²) in [5.41, 5.74) is 2.10. The molecule has 0 saturated carbocycles. The quantitative estimate of drug-likeness (QED) is 0.546. The van der Waals surface area contributed by atoms with E-state index in [0.29, 0.717) is 0 Å². The maximum atomic E-state index is 9.30. The molecule has 2 radical (unpaired) electrons. The summed E-state index contributed by atoms with van der Waals surface area (Å²) in [4.78, 5) is 0. The van der Waals surface area contributed by atoms with Crippen LogP contribution in [0.2, 0.25) is 0 Å². The van der Waals surface area contributed by atoms with E-state index in [2.05, 4.69) is 13.8 Å². The molecule has 0 fully saturated rings. The fourth-order valence-electron chi connectivity index (χ4n) is 1.92. The normalized spacial score (nSPS) is 7.76. The van der Waals surface area contributed by atoms with E-state index in [1.165, 1.54) is 0 Å². The van der Waals surface area contributed by atoms with Crippen molar-refractivity contribution in [3.05, 3.63) is 59.7 Å². The van der Waals surface area contributed by atoms with Gasteiger partial charge in [0, 0.05) is 64.5 Å². The van der Waals surface area contributed by atoms with Crippen molar-refractivity contribution in [1.29, 1.82) is 0 Å². The summed E-state index contributed by atoms with van der Waals surface area (Å²) in [5.74, 6) is 0.547. The smallest absolute Gasteiger partial charge is 0.115 e. The van der Waals surface area contributed by atoms with Crippen molar-refractivity contribution in [2.75, 3.05) is 0 Å². The Bertz CT molecular complexity index is 471. The largest absolute Gasteiger partial charge is 0.508 e. The molecule has 138 valence electrons. The first-order valence-corrected chi connectivity index (χ1v) is 5.59. The standard InChI is InChI=1S/C15H16O2.2Na.6H2O/c1-15(2,11-3-7-13(16)8-4-11)12-5-9-14(17)10-6-12;;;;;;;;/h3-10,16-17H,1-2H3;;;6*1H2. The molecule has 0 saturated heterocycles. The van der Waals surface area contributed by atoms with Crippen LogP contribution in [0, 0.1) is 0 Å². The van der Waals surface area contributed by atoms with Crippen LogP contribution >= 0.6 is 0 Å². The Labute approximate surface area is 191 Å². The van der Waals surface area contributed by atoms with Crippen LogP contribution in [-0.2, 0) is 5.41 Å². The van der Waals surface area contributed by atoms with Gasteiger partial charge in [-0.25, -0.2) is 0 Å². The van der Waals surface area contributed by atoms with Gasteiger partial charge >= 0.3 is 0 Å². The van der Waals surface area contributed by atoms with E-state index < -0.39 is 0 Å². The molecule has 0 amide bonds. The third kappa shape index (κ3) is 11.2. The molecule has 0 aliphatic rings. The Kier molecular flexibility index (Phi) is 33.0. The van der Waals surface area contributed by atoms with E-state index in [9.17, 15) is 10.2 Å². The summed E-state index contributed by atoms with van der Waals surface area (Å²) >= 11 is 0. The van der Waals surface area contributed by atoms with Gasteiger partial charge in [-0.2, -0.15) is 0 Å². The molecule has 25 heavy (non-hydrogen) atoms. The minimum Gasteiger partial charge on any atom is -0.508 e. The van der Waals surface area contributed by atoms with Crippen molar-refractivity contribution in [3.8, 4) is 11.5 Å². The Balaban J connectivity index is -0.0000000810. The number of rotatable bonds is 2.